The Labute approximate surface area is 140 Å². The van der Waals surface area contributed by atoms with Crippen LogP contribution in [0.2, 0.25) is 0 Å². The molecule has 0 bridgehead atoms. The maximum Gasteiger partial charge on any atom is 0.357 e. The number of carbonyl (C=O) groups is 1. The summed E-state index contributed by atoms with van der Waals surface area (Å²) in [6.45, 7) is 3.93. The van der Waals surface area contributed by atoms with Crippen molar-refractivity contribution in [1.82, 2.24) is 4.57 Å². The summed E-state index contributed by atoms with van der Waals surface area (Å²) in [5, 5.41) is 18.6. The van der Waals surface area contributed by atoms with Crippen molar-refractivity contribution in [2.45, 2.75) is 26.7 Å². The Bertz CT molecular complexity index is 857. The van der Waals surface area contributed by atoms with Crippen LogP contribution >= 0.6 is 0 Å². The van der Waals surface area contributed by atoms with Crippen LogP contribution < -0.4 is 5.73 Å². The molecular formula is C18H18N4O2. The van der Waals surface area contributed by atoms with Crippen LogP contribution in [0.3, 0.4) is 0 Å². The van der Waals surface area contributed by atoms with Gasteiger partial charge in [0.25, 0.3) is 0 Å². The predicted octanol–water partition coefficient (Wildman–Crippen LogP) is 2.71. The molecule has 1 aromatic heterocycles. The number of aryl methyl sites for hydroxylation is 2. The Balaban J connectivity index is 2.80. The molecule has 6 nitrogen and oxygen atoms in total. The molecule has 122 valence electrons. The quantitative estimate of drug-likeness (QED) is 0.871. The first kappa shape index (κ1) is 17.1. The molecule has 1 aromatic carbocycles. The fraction of sp³-hybridized carbons (Fsp3) is 0.278. The molecule has 24 heavy (non-hydrogen) atoms. The normalized spacial score (nSPS) is 10.0. The Kier molecular flexibility index (Phi) is 4.91. The fourth-order valence-corrected chi connectivity index (χ4v) is 2.71. The monoisotopic (exact) mass is 322 g/mol. The molecule has 0 fully saturated rings. The average molecular weight is 322 g/mol. The molecule has 0 saturated carbocycles. The van der Waals surface area contributed by atoms with E-state index in [0.717, 1.165) is 11.1 Å². The smallest absolute Gasteiger partial charge is 0.357 e. The van der Waals surface area contributed by atoms with Crippen LogP contribution in [0.5, 0.6) is 0 Å². The number of benzene rings is 1. The number of carbonyl (C=O) groups excluding carboxylic acids is 1. The number of rotatable bonds is 4. The maximum absolute atomic E-state index is 12.1. The fourth-order valence-electron chi connectivity index (χ4n) is 2.71. The van der Waals surface area contributed by atoms with Gasteiger partial charge in [-0.05, 0) is 36.1 Å². The minimum absolute atomic E-state index is 0.0878. The number of ether oxygens (including phenoxy) is 1. The van der Waals surface area contributed by atoms with E-state index < -0.39 is 5.97 Å². The Hall–Kier alpha value is -3.25. The van der Waals surface area contributed by atoms with Crippen LogP contribution in [0, 0.1) is 22.7 Å². The van der Waals surface area contributed by atoms with Crippen molar-refractivity contribution in [3.8, 4) is 17.8 Å². The lowest BCUT2D eigenvalue weighted by molar-refractivity contribution is 0.0593. The molecule has 1 heterocycles. The lowest BCUT2D eigenvalue weighted by Crippen LogP contribution is -2.12. The molecule has 0 aliphatic heterocycles. The van der Waals surface area contributed by atoms with Crippen molar-refractivity contribution in [2.24, 2.45) is 0 Å². The van der Waals surface area contributed by atoms with Crippen LogP contribution in [0.4, 0.5) is 5.69 Å². The Morgan fingerprint density at radius 1 is 1.21 bits per heavy atom. The van der Waals surface area contributed by atoms with E-state index in [0.29, 0.717) is 24.1 Å². The van der Waals surface area contributed by atoms with Gasteiger partial charge in [-0.2, -0.15) is 10.5 Å². The SMILES string of the molecule is CCc1cc(-n2cc(C#N)c(N)c2C(=O)OC)cc(CC)c1C#N. The molecule has 6 heteroatoms. The predicted molar refractivity (Wildman–Crippen MR) is 89.7 cm³/mol. The molecule has 0 unspecified atom stereocenters. The van der Waals surface area contributed by atoms with E-state index in [-0.39, 0.29) is 16.9 Å². The number of methoxy groups -OCH3 is 1. The van der Waals surface area contributed by atoms with Crippen LogP contribution in [0.1, 0.15) is 46.6 Å². The minimum atomic E-state index is -0.616. The lowest BCUT2D eigenvalue weighted by atomic mass is 9.97. The summed E-state index contributed by atoms with van der Waals surface area (Å²) in [5.41, 5.74) is 9.43. The van der Waals surface area contributed by atoms with Crippen molar-refractivity contribution >= 4 is 11.7 Å². The van der Waals surface area contributed by atoms with Crippen molar-refractivity contribution in [3.05, 3.63) is 46.3 Å². The van der Waals surface area contributed by atoms with Crippen LogP contribution in [0.25, 0.3) is 5.69 Å². The molecular weight excluding hydrogens is 304 g/mol. The van der Waals surface area contributed by atoms with Crippen molar-refractivity contribution in [1.29, 1.82) is 10.5 Å². The van der Waals surface area contributed by atoms with Crippen molar-refractivity contribution < 1.29 is 9.53 Å². The number of aromatic nitrogens is 1. The average Bonchev–Trinajstić information content (AvgIpc) is 2.95. The summed E-state index contributed by atoms with van der Waals surface area (Å²) in [6, 6.07) is 7.90. The molecule has 0 atom stereocenters. The van der Waals surface area contributed by atoms with Crippen LogP contribution in [-0.4, -0.2) is 17.6 Å². The first-order valence-electron chi connectivity index (χ1n) is 7.57. The highest BCUT2D eigenvalue weighted by atomic mass is 16.5. The van der Waals surface area contributed by atoms with Gasteiger partial charge >= 0.3 is 5.97 Å². The van der Waals surface area contributed by atoms with Gasteiger partial charge in [-0.3, -0.25) is 0 Å². The van der Waals surface area contributed by atoms with Gasteiger partial charge in [0.2, 0.25) is 0 Å². The summed E-state index contributed by atoms with van der Waals surface area (Å²) in [4.78, 5) is 12.1. The molecule has 2 rings (SSSR count). The second-order valence-electron chi connectivity index (χ2n) is 5.24. The third kappa shape index (κ3) is 2.70. The van der Waals surface area contributed by atoms with Crippen LogP contribution in [0.15, 0.2) is 18.3 Å². The van der Waals surface area contributed by atoms with E-state index in [4.69, 9.17) is 10.5 Å². The van der Waals surface area contributed by atoms with Crippen molar-refractivity contribution in [2.75, 3.05) is 12.8 Å². The van der Waals surface area contributed by atoms with Gasteiger partial charge in [0.1, 0.15) is 6.07 Å². The minimum Gasteiger partial charge on any atom is -0.464 e. The summed E-state index contributed by atoms with van der Waals surface area (Å²) < 4.78 is 6.35. The number of nitrogens with two attached hydrogens (primary N) is 1. The number of anilines is 1. The van der Waals surface area contributed by atoms with E-state index in [1.807, 2.05) is 32.0 Å². The standard InChI is InChI=1S/C18H18N4O2/c1-4-11-6-14(7-12(5-2)15(11)9-20)22-10-13(8-19)16(21)17(22)18(23)24-3/h6-7,10H,4-5,21H2,1-3H3. The molecule has 2 N–H and O–H groups in total. The summed E-state index contributed by atoms with van der Waals surface area (Å²) >= 11 is 0. The lowest BCUT2D eigenvalue weighted by Gasteiger charge is -2.14. The number of nitrogen functional groups attached to an aromatic ring is 1. The zero-order valence-electron chi connectivity index (χ0n) is 13.9. The Morgan fingerprint density at radius 2 is 1.79 bits per heavy atom. The van der Waals surface area contributed by atoms with Gasteiger partial charge in [0.05, 0.1) is 30.0 Å². The number of hydrogen-bond donors (Lipinski definition) is 1. The molecule has 0 aliphatic rings. The molecule has 0 saturated heterocycles. The molecule has 0 spiro atoms. The summed E-state index contributed by atoms with van der Waals surface area (Å²) in [6.07, 6.45) is 2.88. The van der Waals surface area contributed by atoms with E-state index in [2.05, 4.69) is 6.07 Å². The third-order valence-electron chi connectivity index (χ3n) is 3.98. The summed E-state index contributed by atoms with van der Waals surface area (Å²) in [7, 11) is 1.26. The third-order valence-corrected chi connectivity index (χ3v) is 3.98. The molecule has 0 amide bonds. The number of nitrogens with zero attached hydrogens (tertiary/aromatic N) is 3. The molecule has 2 aromatic rings. The topological polar surface area (TPSA) is 105 Å². The second-order valence-corrected chi connectivity index (χ2v) is 5.24. The number of esters is 1. The van der Waals surface area contributed by atoms with Gasteiger partial charge < -0.3 is 15.0 Å². The molecule has 0 aliphatic carbocycles. The number of nitriles is 2. The maximum atomic E-state index is 12.1. The van der Waals surface area contributed by atoms with Crippen molar-refractivity contribution in [3.63, 3.8) is 0 Å². The first-order valence-corrected chi connectivity index (χ1v) is 7.57. The Morgan fingerprint density at radius 3 is 2.21 bits per heavy atom. The van der Waals surface area contributed by atoms with Gasteiger partial charge in [0, 0.05) is 11.9 Å². The van der Waals surface area contributed by atoms with Gasteiger partial charge in [-0.1, -0.05) is 13.8 Å². The second kappa shape index (κ2) is 6.89. The summed E-state index contributed by atoms with van der Waals surface area (Å²) in [5.74, 6) is -0.616. The van der Waals surface area contributed by atoms with E-state index in [9.17, 15) is 15.3 Å². The highest BCUT2D eigenvalue weighted by Crippen LogP contribution is 2.28. The van der Waals surface area contributed by atoms with E-state index in [1.165, 1.54) is 13.3 Å². The molecule has 0 radical (unpaired) electrons. The zero-order chi connectivity index (χ0) is 17.9. The highest BCUT2D eigenvalue weighted by Gasteiger charge is 2.22. The zero-order valence-corrected chi connectivity index (χ0v) is 13.9. The number of hydrogen-bond acceptors (Lipinski definition) is 5. The first-order chi connectivity index (χ1) is 11.5. The highest BCUT2D eigenvalue weighted by molar-refractivity contribution is 5.96. The van der Waals surface area contributed by atoms with Gasteiger partial charge in [0.15, 0.2) is 5.69 Å². The van der Waals surface area contributed by atoms with Crippen LogP contribution in [-0.2, 0) is 17.6 Å². The van der Waals surface area contributed by atoms with E-state index >= 15 is 0 Å². The van der Waals surface area contributed by atoms with Gasteiger partial charge in [-0.15, -0.1) is 0 Å². The van der Waals surface area contributed by atoms with Gasteiger partial charge in [-0.25, -0.2) is 4.79 Å². The van der Waals surface area contributed by atoms with E-state index in [1.54, 1.807) is 4.57 Å². The largest absolute Gasteiger partial charge is 0.464 e.